The Bertz CT molecular complexity index is 3530. The van der Waals surface area contributed by atoms with Crippen LogP contribution in [0.3, 0.4) is 0 Å². The van der Waals surface area contributed by atoms with Crippen molar-refractivity contribution in [2.24, 2.45) is 0 Å². The van der Waals surface area contributed by atoms with Gasteiger partial charge in [0.05, 0.1) is 16.7 Å². The predicted molar refractivity (Wildman–Crippen MR) is 264 cm³/mol. The topological polar surface area (TPSA) is 21.3 Å². The van der Waals surface area contributed by atoms with Crippen molar-refractivity contribution in [3.63, 3.8) is 0 Å². The minimum atomic E-state index is 0.889. The van der Waals surface area contributed by atoms with Gasteiger partial charge in [-0.25, -0.2) is 0 Å². The number of rotatable bonds is 8. The fraction of sp³-hybridized carbons (Fsp3) is 0. The van der Waals surface area contributed by atoms with E-state index in [2.05, 4.69) is 246 Å². The number of benzene rings is 10. The summed E-state index contributed by atoms with van der Waals surface area (Å²) in [7, 11) is 0. The molecule has 0 radical (unpaired) electrons. The van der Waals surface area contributed by atoms with Crippen molar-refractivity contribution >= 4 is 60.8 Å². The van der Waals surface area contributed by atoms with Gasteiger partial charge >= 0.3 is 0 Å². The zero-order chi connectivity index (χ0) is 41.7. The van der Waals surface area contributed by atoms with E-state index in [0.29, 0.717) is 0 Å². The van der Waals surface area contributed by atoms with Crippen molar-refractivity contribution in [3.8, 4) is 50.2 Å². The van der Waals surface area contributed by atoms with Gasteiger partial charge in [-0.15, -0.1) is 0 Å². The molecule has 0 atom stereocenters. The summed E-state index contributed by atoms with van der Waals surface area (Å²) in [6.45, 7) is 0. The van der Waals surface area contributed by atoms with E-state index in [4.69, 9.17) is 4.42 Å². The highest BCUT2D eigenvalue weighted by atomic mass is 16.3. The SMILES string of the molecule is c1ccc(-c2ccccc2N(c2ccc(-c3ccc(-n4c5ccccc5c5ccccc54)cc3)cc2)c2ccc(-c3ccc(-c4ccccc4)c4oc5ccccc5c34)cc2)cc1. The van der Waals surface area contributed by atoms with Crippen LogP contribution in [0.15, 0.2) is 247 Å². The number of aromatic nitrogens is 1. The molecule has 0 saturated heterocycles. The van der Waals surface area contributed by atoms with Gasteiger partial charge in [0, 0.05) is 49.7 Å². The van der Waals surface area contributed by atoms with E-state index in [1.165, 1.54) is 32.9 Å². The lowest BCUT2D eigenvalue weighted by Crippen LogP contribution is -2.11. The molecule has 0 aliphatic carbocycles. The summed E-state index contributed by atoms with van der Waals surface area (Å²) < 4.78 is 8.98. The molecule has 2 heterocycles. The predicted octanol–water partition coefficient (Wildman–Crippen LogP) is 16.8. The van der Waals surface area contributed by atoms with Crippen LogP contribution in [0.4, 0.5) is 17.1 Å². The van der Waals surface area contributed by atoms with Crippen LogP contribution in [0.5, 0.6) is 0 Å². The minimum absolute atomic E-state index is 0.889. The Morgan fingerprint density at radius 3 is 1.41 bits per heavy atom. The zero-order valence-electron chi connectivity index (χ0n) is 34.4. The lowest BCUT2D eigenvalue weighted by atomic mass is 9.94. The Hall–Kier alpha value is -8.40. The second-order valence-electron chi connectivity index (χ2n) is 16.1. The van der Waals surface area contributed by atoms with E-state index in [-0.39, 0.29) is 0 Å². The molecule has 3 nitrogen and oxygen atoms in total. The molecule has 63 heavy (non-hydrogen) atoms. The summed E-state index contributed by atoms with van der Waals surface area (Å²) in [6.07, 6.45) is 0. The van der Waals surface area contributed by atoms with Crippen molar-refractivity contribution in [1.29, 1.82) is 0 Å². The Morgan fingerprint density at radius 2 is 0.778 bits per heavy atom. The van der Waals surface area contributed by atoms with Gasteiger partial charge in [0.1, 0.15) is 11.2 Å². The van der Waals surface area contributed by atoms with Gasteiger partial charge in [0.25, 0.3) is 0 Å². The smallest absolute Gasteiger partial charge is 0.143 e. The standard InChI is InChI=1S/C60H40N2O/c1-3-15-43(16-4-1)49-19-7-11-23-55(49)61(46-33-27-41(28-34-46)42-29-35-48(36-30-42)62-56-24-12-8-20-52(56)53-21-9-13-25-57(53)62)47-37-31-45(32-38-47)50-39-40-51(44-17-5-2-6-18-44)60-59(50)54-22-10-14-26-58(54)63-60/h1-40H. The number of anilines is 3. The van der Waals surface area contributed by atoms with Crippen molar-refractivity contribution in [3.05, 3.63) is 243 Å². The number of hydrogen-bond donors (Lipinski definition) is 0. The highest BCUT2D eigenvalue weighted by molar-refractivity contribution is 6.16. The fourth-order valence-corrected chi connectivity index (χ4v) is 9.47. The zero-order valence-corrected chi connectivity index (χ0v) is 34.4. The van der Waals surface area contributed by atoms with E-state index in [9.17, 15) is 0 Å². The van der Waals surface area contributed by atoms with Crippen molar-refractivity contribution in [1.82, 2.24) is 4.57 Å². The molecule has 0 saturated carbocycles. The summed E-state index contributed by atoms with van der Waals surface area (Å²) in [6, 6.07) is 86.9. The molecule has 0 aliphatic rings. The molecule has 0 bridgehead atoms. The van der Waals surface area contributed by atoms with Gasteiger partial charge in [-0.05, 0) is 100 Å². The summed E-state index contributed by atoms with van der Waals surface area (Å²) >= 11 is 0. The number of para-hydroxylation sites is 4. The van der Waals surface area contributed by atoms with Gasteiger partial charge in [-0.1, -0.05) is 176 Å². The molecule has 296 valence electrons. The summed E-state index contributed by atoms with van der Waals surface area (Å²) in [5, 5.41) is 4.78. The normalized spacial score (nSPS) is 11.5. The van der Waals surface area contributed by atoms with Crippen LogP contribution in [0, 0.1) is 0 Å². The highest BCUT2D eigenvalue weighted by Crippen LogP contribution is 2.45. The molecule has 10 aromatic carbocycles. The molecule has 3 heteroatoms. The van der Waals surface area contributed by atoms with Crippen LogP contribution < -0.4 is 4.90 Å². The molecule has 0 N–H and O–H groups in total. The average Bonchev–Trinajstić information content (AvgIpc) is 3.92. The molecule has 0 unspecified atom stereocenters. The molecule has 0 spiro atoms. The molecule has 12 aromatic rings. The maximum absolute atomic E-state index is 6.62. The van der Waals surface area contributed by atoms with Crippen molar-refractivity contribution in [2.45, 2.75) is 0 Å². The van der Waals surface area contributed by atoms with Gasteiger partial charge in [0.2, 0.25) is 0 Å². The Kier molecular flexibility index (Phi) is 8.83. The molecular weight excluding hydrogens is 765 g/mol. The van der Waals surface area contributed by atoms with Crippen LogP contribution in [-0.4, -0.2) is 4.57 Å². The highest BCUT2D eigenvalue weighted by Gasteiger charge is 2.20. The van der Waals surface area contributed by atoms with E-state index < -0.39 is 0 Å². The van der Waals surface area contributed by atoms with E-state index in [1.54, 1.807) is 0 Å². The van der Waals surface area contributed by atoms with Crippen LogP contribution >= 0.6 is 0 Å². The minimum Gasteiger partial charge on any atom is -0.455 e. The first-order chi connectivity index (χ1) is 31.3. The Labute approximate surface area is 366 Å². The molecule has 2 aromatic heterocycles. The second kappa shape index (κ2) is 15.3. The van der Waals surface area contributed by atoms with E-state index >= 15 is 0 Å². The first kappa shape index (κ1) is 36.5. The van der Waals surface area contributed by atoms with Gasteiger partial charge < -0.3 is 13.9 Å². The van der Waals surface area contributed by atoms with Crippen molar-refractivity contribution in [2.75, 3.05) is 4.90 Å². The van der Waals surface area contributed by atoms with Gasteiger partial charge in [-0.2, -0.15) is 0 Å². The van der Waals surface area contributed by atoms with Crippen LogP contribution in [0.1, 0.15) is 0 Å². The van der Waals surface area contributed by atoms with E-state index in [1.807, 2.05) is 6.07 Å². The summed E-state index contributed by atoms with van der Waals surface area (Å²) in [5.74, 6) is 0. The number of fused-ring (bicyclic) bond motifs is 6. The van der Waals surface area contributed by atoms with E-state index in [0.717, 1.165) is 78.1 Å². The first-order valence-electron chi connectivity index (χ1n) is 21.5. The first-order valence-corrected chi connectivity index (χ1v) is 21.5. The third-order valence-electron chi connectivity index (χ3n) is 12.4. The Morgan fingerprint density at radius 1 is 0.317 bits per heavy atom. The maximum Gasteiger partial charge on any atom is 0.143 e. The largest absolute Gasteiger partial charge is 0.455 e. The third kappa shape index (κ3) is 6.29. The molecular formula is C60H40N2O. The van der Waals surface area contributed by atoms with Crippen LogP contribution in [0.25, 0.3) is 93.9 Å². The second-order valence-corrected chi connectivity index (χ2v) is 16.1. The number of nitrogens with zero attached hydrogens (tertiary/aromatic N) is 2. The lowest BCUT2D eigenvalue weighted by Gasteiger charge is -2.28. The van der Waals surface area contributed by atoms with Crippen molar-refractivity contribution < 1.29 is 4.42 Å². The average molecular weight is 805 g/mol. The number of furan rings is 1. The quantitative estimate of drug-likeness (QED) is 0.153. The number of hydrogen-bond acceptors (Lipinski definition) is 2. The Balaban J connectivity index is 0.937. The molecule has 0 amide bonds. The van der Waals surface area contributed by atoms with Gasteiger partial charge in [-0.3, -0.25) is 0 Å². The third-order valence-corrected chi connectivity index (χ3v) is 12.4. The van der Waals surface area contributed by atoms with Crippen LogP contribution in [-0.2, 0) is 0 Å². The molecule has 12 rings (SSSR count). The molecule has 0 fully saturated rings. The van der Waals surface area contributed by atoms with Crippen LogP contribution in [0.2, 0.25) is 0 Å². The summed E-state index contributed by atoms with van der Waals surface area (Å²) in [5.41, 5.74) is 17.8. The maximum atomic E-state index is 6.62. The molecule has 0 aliphatic heterocycles. The van der Waals surface area contributed by atoms with Gasteiger partial charge in [0.15, 0.2) is 0 Å². The summed E-state index contributed by atoms with van der Waals surface area (Å²) in [4.78, 5) is 2.38. The lowest BCUT2D eigenvalue weighted by molar-refractivity contribution is 0.670. The monoisotopic (exact) mass is 804 g/mol. The fourth-order valence-electron chi connectivity index (χ4n) is 9.47.